The van der Waals surface area contributed by atoms with Crippen LogP contribution < -0.4 is 9.64 Å². The van der Waals surface area contributed by atoms with Gasteiger partial charge in [0.25, 0.3) is 0 Å². The maximum absolute atomic E-state index is 5.32. The largest absolute Gasteiger partial charge is 0.497 e. The summed E-state index contributed by atoms with van der Waals surface area (Å²) >= 11 is 0. The van der Waals surface area contributed by atoms with Crippen LogP contribution in [-0.4, -0.2) is 13.7 Å². The predicted molar refractivity (Wildman–Crippen MR) is 83.4 cm³/mol. The van der Waals surface area contributed by atoms with Crippen molar-refractivity contribution in [2.75, 3.05) is 18.6 Å². The lowest BCUT2D eigenvalue weighted by Gasteiger charge is -2.25. The molecule has 1 aliphatic rings. The van der Waals surface area contributed by atoms with Crippen molar-refractivity contribution in [3.63, 3.8) is 0 Å². The molecule has 3 rings (SSSR count). The number of aryl methyl sites for hydroxylation is 1. The Morgan fingerprint density at radius 3 is 2.85 bits per heavy atom. The Morgan fingerprint density at radius 1 is 1.05 bits per heavy atom. The lowest BCUT2D eigenvalue weighted by atomic mass is 10.1. The van der Waals surface area contributed by atoms with E-state index in [4.69, 9.17) is 4.74 Å². The molecule has 2 aromatic carbocycles. The highest BCUT2D eigenvalue weighted by Gasteiger charge is 2.14. The molecular weight excluding hydrogens is 246 g/mol. The van der Waals surface area contributed by atoms with E-state index in [9.17, 15) is 0 Å². The van der Waals surface area contributed by atoms with Crippen LogP contribution in [0.4, 0.5) is 5.69 Å². The van der Waals surface area contributed by atoms with Gasteiger partial charge in [0.1, 0.15) is 5.75 Å². The third kappa shape index (κ3) is 2.79. The van der Waals surface area contributed by atoms with Gasteiger partial charge >= 0.3 is 0 Å². The van der Waals surface area contributed by atoms with Crippen LogP contribution in [0.1, 0.15) is 24.0 Å². The van der Waals surface area contributed by atoms with E-state index < -0.39 is 0 Å². The first-order valence-electron chi connectivity index (χ1n) is 7.32. The van der Waals surface area contributed by atoms with Crippen LogP contribution in [0.25, 0.3) is 0 Å². The van der Waals surface area contributed by atoms with Crippen LogP contribution in [0.2, 0.25) is 0 Å². The molecule has 0 saturated heterocycles. The molecule has 1 aliphatic heterocycles. The summed E-state index contributed by atoms with van der Waals surface area (Å²) in [5.74, 6) is 0.936. The van der Waals surface area contributed by atoms with Crippen molar-refractivity contribution in [2.24, 2.45) is 0 Å². The van der Waals surface area contributed by atoms with Gasteiger partial charge in [-0.05, 0) is 48.6 Å². The number of benzene rings is 2. The second-order valence-electron chi connectivity index (χ2n) is 5.36. The molecule has 0 bridgehead atoms. The number of methoxy groups -OCH3 is 1. The second kappa shape index (κ2) is 6.00. The van der Waals surface area contributed by atoms with E-state index in [1.165, 1.54) is 36.1 Å². The molecule has 0 saturated carbocycles. The van der Waals surface area contributed by atoms with Crippen molar-refractivity contribution in [1.82, 2.24) is 0 Å². The summed E-state index contributed by atoms with van der Waals surface area (Å²) in [6.07, 6.45) is 3.75. The molecule has 0 spiro atoms. The topological polar surface area (TPSA) is 12.5 Å². The van der Waals surface area contributed by atoms with Gasteiger partial charge in [0, 0.05) is 18.8 Å². The van der Waals surface area contributed by atoms with Crippen LogP contribution >= 0.6 is 0 Å². The molecular formula is C18H21NO. The first kappa shape index (κ1) is 13.0. The number of nitrogens with zero attached hydrogens (tertiary/aromatic N) is 1. The Kier molecular flexibility index (Phi) is 3.91. The third-order valence-electron chi connectivity index (χ3n) is 3.96. The molecule has 2 nitrogen and oxygen atoms in total. The first-order valence-corrected chi connectivity index (χ1v) is 7.32. The number of ether oxygens (including phenoxy) is 1. The lowest BCUT2D eigenvalue weighted by Crippen LogP contribution is -2.23. The van der Waals surface area contributed by atoms with Gasteiger partial charge < -0.3 is 9.64 Å². The van der Waals surface area contributed by atoms with Gasteiger partial charge in [0.2, 0.25) is 0 Å². The molecule has 0 unspecified atom stereocenters. The second-order valence-corrected chi connectivity index (χ2v) is 5.36. The Hall–Kier alpha value is -1.96. The monoisotopic (exact) mass is 267 g/mol. The summed E-state index contributed by atoms with van der Waals surface area (Å²) in [5.41, 5.74) is 4.18. The van der Waals surface area contributed by atoms with Crippen molar-refractivity contribution in [3.8, 4) is 5.75 Å². The van der Waals surface area contributed by atoms with Gasteiger partial charge in [-0.15, -0.1) is 0 Å². The van der Waals surface area contributed by atoms with Crippen molar-refractivity contribution >= 4 is 5.69 Å². The van der Waals surface area contributed by atoms with Gasteiger partial charge in [0.05, 0.1) is 7.11 Å². The average Bonchev–Trinajstić information content (AvgIpc) is 2.70. The summed E-state index contributed by atoms with van der Waals surface area (Å²) in [4.78, 5) is 2.50. The van der Waals surface area contributed by atoms with Crippen LogP contribution in [0.15, 0.2) is 48.5 Å². The van der Waals surface area contributed by atoms with E-state index in [0.717, 1.165) is 18.8 Å². The minimum atomic E-state index is 0.936. The van der Waals surface area contributed by atoms with Gasteiger partial charge in [-0.1, -0.05) is 30.3 Å². The number of fused-ring (bicyclic) bond motifs is 1. The highest BCUT2D eigenvalue weighted by atomic mass is 16.5. The quantitative estimate of drug-likeness (QED) is 0.832. The number of para-hydroxylation sites is 1. The average molecular weight is 267 g/mol. The van der Waals surface area contributed by atoms with E-state index in [2.05, 4.69) is 47.4 Å². The molecule has 20 heavy (non-hydrogen) atoms. The summed E-state index contributed by atoms with van der Waals surface area (Å²) in [5, 5.41) is 0. The van der Waals surface area contributed by atoms with Crippen LogP contribution in [0, 0.1) is 0 Å². The summed E-state index contributed by atoms with van der Waals surface area (Å²) in [7, 11) is 1.72. The summed E-state index contributed by atoms with van der Waals surface area (Å²) in [6, 6.07) is 17.2. The summed E-state index contributed by atoms with van der Waals surface area (Å²) in [6.45, 7) is 2.09. The first-order chi connectivity index (χ1) is 9.86. The van der Waals surface area contributed by atoms with Crippen LogP contribution in [-0.2, 0) is 13.0 Å². The Bertz CT molecular complexity index is 579. The molecule has 104 valence electrons. The third-order valence-corrected chi connectivity index (χ3v) is 3.96. The van der Waals surface area contributed by atoms with Crippen molar-refractivity contribution in [3.05, 3.63) is 59.7 Å². The fourth-order valence-corrected chi connectivity index (χ4v) is 2.92. The summed E-state index contributed by atoms with van der Waals surface area (Å²) < 4.78 is 5.32. The molecule has 0 amide bonds. The van der Waals surface area contributed by atoms with Crippen LogP contribution in [0.5, 0.6) is 5.75 Å². The molecule has 0 N–H and O–H groups in total. The highest BCUT2D eigenvalue weighted by Crippen LogP contribution is 2.28. The zero-order chi connectivity index (χ0) is 13.8. The number of rotatable bonds is 3. The van der Waals surface area contributed by atoms with Gasteiger partial charge in [0.15, 0.2) is 0 Å². The fraction of sp³-hybridized carbons (Fsp3) is 0.333. The van der Waals surface area contributed by atoms with E-state index in [-0.39, 0.29) is 0 Å². The van der Waals surface area contributed by atoms with Gasteiger partial charge in [-0.25, -0.2) is 0 Å². The van der Waals surface area contributed by atoms with Crippen molar-refractivity contribution in [1.29, 1.82) is 0 Å². The smallest absolute Gasteiger partial charge is 0.119 e. The zero-order valence-electron chi connectivity index (χ0n) is 12.0. The number of hydrogen-bond donors (Lipinski definition) is 0. The molecule has 0 aromatic heterocycles. The molecule has 0 fully saturated rings. The predicted octanol–water partition coefficient (Wildman–Crippen LogP) is 4.04. The molecule has 0 aliphatic carbocycles. The van der Waals surface area contributed by atoms with Gasteiger partial charge in [-0.2, -0.15) is 0 Å². The Labute approximate surface area is 121 Å². The van der Waals surface area contributed by atoms with Gasteiger partial charge in [-0.3, -0.25) is 0 Å². The minimum absolute atomic E-state index is 0.936. The highest BCUT2D eigenvalue weighted by molar-refractivity contribution is 5.55. The molecule has 1 heterocycles. The number of anilines is 1. The normalized spacial score (nSPS) is 14.6. The van der Waals surface area contributed by atoms with E-state index in [0.29, 0.717) is 0 Å². The zero-order valence-corrected chi connectivity index (χ0v) is 12.0. The Morgan fingerprint density at radius 2 is 1.95 bits per heavy atom. The number of hydrogen-bond acceptors (Lipinski definition) is 2. The van der Waals surface area contributed by atoms with E-state index in [1.807, 2.05) is 6.07 Å². The molecule has 0 radical (unpaired) electrons. The standard InChI is InChI=1S/C18H21NO/c1-20-17-10-6-7-15(13-17)14-19-12-5-4-9-16-8-2-3-11-18(16)19/h2-3,6-8,10-11,13H,4-5,9,12,14H2,1H3. The maximum Gasteiger partial charge on any atom is 0.119 e. The maximum atomic E-state index is 5.32. The van der Waals surface area contributed by atoms with E-state index in [1.54, 1.807) is 7.11 Å². The van der Waals surface area contributed by atoms with E-state index >= 15 is 0 Å². The molecule has 2 heteroatoms. The van der Waals surface area contributed by atoms with Crippen molar-refractivity contribution in [2.45, 2.75) is 25.8 Å². The minimum Gasteiger partial charge on any atom is -0.497 e. The SMILES string of the molecule is COc1cccc(CN2CCCCc3ccccc32)c1. The molecule has 0 atom stereocenters. The van der Waals surface area contributed by atoms with Crippen LogP contribution in [0.3, 0.4) is 0 Å². The lowest BCUT2D eigenvalue weighted by molar-refractivity contribution is 0.414. The fourth-order valence-electron chi connectivity index (χ4n) is 2.92. The van der Waals surface area contributed by atoms with Crippen molar-refractivity contribution < 1.29 is 4.74 Å². The molecule has 2 aromatic rings. The Balaban J connectivity index is 1.86.